The van der Waals surface area contributed by atoms with Gasteiger partial charge in [0, 0.05) is 12.8 Å². The van der Waals surface area contributed by atoms with Crippen LogP contribution in [0.1, 0.15) is 30.1 Å². The van der Waals surface area contributed by atoms with Crippen LogP contribution < -0.4 is 10.9 Å². The van der Waals surface area contributed by atoms with E-state index in [4.69, 9.17) is 4.74 Å². The summed E-state index contributed by atoms with van der Waals surface area (Å²) >= 11 is 0. The molecular formula is C12H16N2O3. The smallest absolute Gasteiger partial charge is 0.260 e. The standard InChI is InChI=1S/C12H16N2O3/c1-8(10-5-3-7-17-10)14-12(16)9-4-2-6-13-11(9)15/h2,4,6,8,10H,3,5,7H2,1H3,(H,13,15)(H,14,16)/t8-,10+/m0/s1. The van der Waals surface area contributed by atoms with Gasteiger partial charge in [0.2, 0.25) is 0 Å². The Morgan fingerprint density at radius 3 is 3.12 bits per heavy atom. The van der Waals surface area contributed by atoms with E-state index in [0.717, 1.165) is 19.4 Å². The third-order valence-electron chi connectivity index (χ3n) is 2.94. The van der Waals surface area contributed by atoms with Gasteiger partial charge in [0.15, 0.2) is 0 Å². The van der Waals surface area contributed by atoms with Crippen molar-refractivity contribution in [1.82, 2.24) is 10.3 Å². The van der Waals surface area contributed by atoms with Crippen molar-refractivity contribution in [2.45, 2.75) is 31.9 Å². The van der Waals surface area contributed by atoms with Crippen LogP contribution in [0.15, 0.2) is 23.1 Å². The maximum Gasteiger partial charge on any atom is 0.260 e. The lowest BCUT2D eigenvalue weighted by Gasteiger charge is -2.19. The molecule has 1 aliphatic rings. The molecule has 2 heterocycles. The number of aromatic nitrogens is 1. The third-order valence-corrected chi connectivity index (χ3v) is 2.94. The largest absolute Gasteiger partial charge is 0.376 e. The van der Waals surface area contributed by atoms with E-state index in [2.05, 4.69) is 10.3 Å². The molecule has 1 saturated heterocycles. The van der Waals surface area contributed by atoms with Gasteiger partial charge in [0.25, 0.3) is 11.5 Å². The Hall–Kier alpha value is -1.62. The first-order valence-corrected chi connectivity index (χ1v) is 5.78. The highest BCUT2D eigenvalue weighted by Gasteiger charge is 2.24. The Kier molecular flexibility index (Phi) is 3.58. The van der Waals surface area contributed by atoms with Crippen LogP contribution >= 0.6 is 0 Å². The summed E-state index contributed by atoms with van der Waals surface area (Å²) in [5.74, 6) is -0.352. The SMILES string of the molecule is C[C@H](NC(=O)c1ccc[nH]c1=O)[C@H]1CCCO1. The van der Waals surface area contributed by atoms with Crippen molar-refractivity contribution >= 4 is 5.91 Å². The van der Waals surface area contributed by atoms with Crippen molar-refractivity contribution in [3.63, 3.8) is 0 Å². The number of nitrogens with one attached hydrogen (secondary N) is 2. The molecule has 2 rings (SSSR count). The molecule has 92 valence electrons. The van der Waals surface area contributed by atoms with Crippen LogP contribution in [0.25, 0.3) is 0 Å². The minimum absolute atomic E-state index is 0.0572. The molecule has 17 heavy (non-hydrogen) atoms. The molecule has 0 aliphatic carbocycles. The van der Waals surface area contributed by atoms with Crippen LogP contribution in [-0.2, 0) is 4.74 Å². The lowest BCUT2D eigenvalue weighted by atomic mass is 10.1. The fraction of sp³-hybridized carbons (Fsp3) is 0.500. The van der Waals surface area contributed by atoms with Gasteiger partial charge in [0.1, 0.15) is 5.56 Å². The molecule has 1 aliphatic heterocycles. The number of hydrogen-bond donors (Lipinski definition) is 2. The molecule has 2 N–H and O–H groups in total. The average molecular weight is 236 g/mol. The first-order chi connectivity index (χ1) is 8.18. The van der Waals surface area contributed by atoms with Crippen LogP contribution in [-0.4, -0.2) is 29.6 Å². The molecule has 0 bridgehead atoms. The summed E-state index contributed by atoms with van der Waals surface area (Å²) < 4.78 is 5.48. The average Bonchev–Trinajstić information content (AvgIpc) is 2.82. The molecule has 0 spiro atoms. The molecule has 2 atom stereocenters. The summed E-state index contributed by atoms with van der Waals surface area (Å²) in [7, 11) is 0. The summed E-state index contributed by atoms with van der Waals surface area (Å²) in [6, 6.07) is 3.06. The van der Waals surface area contributed by atoms with Gasteiger partial charge < -0.3 is 15.0 Å². The Bertz CT molecular complexity index is 449. The number of ether oxygens (including phenoxy) is 1. The fourth-order valence-electron chi connectivity index (χ4n) is 1.97. The van der Waals surface area contributed by atoms with Crippen LogP contribution in [0.4, 0.5) is 0 Å². The van der Waals surface area contributed by atoms with E-state index in [1.54, 1.807) is 6.07 Å². The summed E-state index contributed by atoms with van der Waals surface area (Å²) in [4.78, 5) is 25.7. The Morgan fingerprint density at radius 2 is 2.47 bits per heavy atom. The molecule has 5 heteroatoms. The van der Waals surface area contributed by atoms with Gasteiger partial charge in [-0.15, -0.1) is 0 Å². The van der Waals surface area contributed by atoms with Gasteiger partial charge in [-0.05, 0) is 31.9 Å². The second kappa shape index (κ2) is 5.14. The van der Waals surface area contributed by atoms with E-state index in [1.807, 2.05) is 6.92 Å². The van der Waals surface area contributed by atoms with E-state index in [0.29, 0.717) is 0 Å². The summed E-state index contributed by atoms with van der Waals surface area (Å²) in [6.07, 6.45) is 3.54. The van der Waals surface area contributed by atoms with E-state index in [9.17, 15) is 9.59 Å². The van der Waals surface area contributed by atoms with Crippen molar-refractivity contribution in [3.05, 3.63) is 34.2 Å². The van der Waals surface area contributed by atoms with Crippen molar-refractivity contribution < 1.29 is 9.53 Å². The molecule has 0 radical (unpaired) electrons. The Morgan fingerprint density at radius 1 is 1.65 bits per heavy atom. The number of aromatic amines is 1. The second-order valence-corrected chi connectivity index (χ2v) is 4.23. The van der Waals surface area contributed by atoms with Gasteiger partial charge >= 0.3 is 0 Å². The van der Waals surface area contributed by atoms with Crippen LogP contribution in [0.2, 0.25) is 0 Å². The molecule has 1 fully saturated rings. The predicted molar refractivity (Wildman–Crippen MR) is 63.0 cm³/mol. The zero-order valence-electron chi connectivity index (χ0n) is 9.73. The highest BCUT2D eigenvalue weighted by Crippen LogP contribution is 2.15. The van der Waals surface area contributed by atoms with Gasteiger partial charge in [-0.25, -0.2) is 0 Å². The predicted octanol–water partition coefficient (Wildman–Crippen LogP) is 0.672. The number of rotatable bonds is 3. The van der Waals surface area contributed by atoms with Gasteiger partial charge in [-0.3, -0.25) is 9.59 Å². The molecule has 0 unspecified atom stereocenters. The van der Waals surface area contributed by atoms with E-state index < -0.39 is 0 Å². The topological polar surface area (TPSA) is 71.2 Å². The van der Waals surface area contributed by atoms with Crippen molar-refractivity contribution in [2.75, 3.05) is 6.61 Å². The minimum atomic E-state index is -0.371. The highest BCUT2D eigenvalue weighted by atomic mass is 16.5. The lowest BCUT2D eigenvalue weighted by molar-refractivity contribution is 0.0711. The van der Waals surface area contributed by atoms with E-state index in [1.165, 1.54) is 12.3 Å². The van der Waals surface area contributed by atoms with Gasteiger partial charge in [-0.1, -0.05) is 0 Å². The Balaban J connectivity index is 2.01. The highest BCUT2D eigenvalue weighted by molar-refractivity contribution is 5.93. The Labute approximate surface area is 99.2 Å². The number of pyridine rings is 1. The van der Waals surface area contributed by atoms with Crippen molar-refractivity contribution in [3.8, 4) is 0 Å². The van der Waals surface area contributed by atoms with Gasteiger partial charge in [0.05, 0.1) is 12.1 Å². The quantitative estimate of drug-likeness (QED) is 0.810. The number of carbonyl (C=O) groups is 1. The first kappa shape index (κ1) is 11.9. The molecule has 1 aromatic heterocycles. The van der Waals surface area contributed by atoms with E-state index >= 15 is 0 Å². The number of amides is 1. The normalized spacial score (nSPS) is 21.1. The molecule has 0 saturated carbocycles. The zero-order chi connectivity index (χ0) is 12.3. The van der Waals surface area contributed by atoms with Crippen LogP contribution in [0, 0.1) is 0 Å². The lowest BCUT2D eigenvalue weighted by Crippen LogP contribution is -2.42. The number of hydrogen-bond acceptors (Lipinski definition) is 3. The second-order valence-electron chi connectivity index (χ2n) is 4.23. The molecule has 0 aromatic carbocycles. The van der Waals surface area contributed by atoms with Crippen molar-refractivity contribution in [2.24, 2.45) is 0 Å². The number of H-pyrrole nitrogens is 1. The van der Waals surface area contributed by atoms with Gasteiger partial charge in [-0.2, -0.15) is 0 Å². The maximum atomic E-state index is 11.8. The summed E-state index contributed by atoms with van der Waals surface area (Å²) in [6.45, 7) is 2.64. The summed E-state index contributed by atoms with van der Waals surface area (Å²) in [5, 5.41) is 2.80. The third kappa shape index (κ3) is 2.74. The maximum absolute atomic E-state index is 11.8. The first-order valence-electron chi connectivity index (χ1n) is 5.78. The number of carbonyl (C=O) groups excluding carboxylic acids is 1. The molecule has 1 aromatic rings. The monoisotopic (exact) mass is 236 g/mol. The van der Waals surface area contributed by atoms with Crippen molar-refractivity contribution in [1.29, 1.82) is 0 Å². The minimum Gasteiger partial charge on any atom is -0.376 e. The molecule has 1 amide bonds. The fourth-order valence-corrected chi connectivity index (χ4v) is 1.97. The van der Waals surface area contributed by atoms with E-state index in [-0.39, 0.29) is 29.2 Å². The molecular weight excluding hydrogens is 220 g/mol. The molecule has 5 nitrogen and oxygen atoms in total. The summed E-state index contributed by atoms with van der Waals surface area (Å²) in [5.41, 5.74) is -0.234. The van der Waals surface area contributed by atoms with Crippen LogP contribution in [0.3, 0.4) is 0 Å². The van der Waals surface area contributed by atoms with Crippen LogP contribution in [0.5, 0.6) is 0 Å². The zero-order valence-corrected chi connectivity index (χ0v) is 9.73.